The fourth-order valence-electron chi connectivity index (χ4n) is 2.22. The van der Waals surface area contributed by atoms with E-state index >= 15 is 0 Å². The van der Waals surface area contributed by atoms with Crippen molar-refractivity contribution in [2.24, 2.45) is 0 Å². The Kier molecular flexibility index (Phi) is 7.16. The second kappa shape index (κ2) is 9.58. The monoisotopic (exact) mass is 343 g/mol. The number of nitrogens with one attached hydrogen (secondary N) is 2. The average Bonchev–Trinajstić information content (AvgIpc) is 2.62. The molecule has 0 fully saturated rings. The number of anilines is 1. The van der Waals surface area contributed by atoms with E-state index in [2.05, 4.69) is 25.5 Å². The van der Waals surface area contributed by atoms with Crippen molar-refractivity contribution in [2.45, 2.75) is 6.42 Å². The van der Waals surface area contributed by atoms with E-state index < -0.39 is 0 Å². The Bertz CT molecular complexity index is 691. The van der Waals surface area contributed by atoms with E-state index in [0.717, 1.165) is 30.8 Å². The van der Waals surface area contributed by atoms with Crippen LogP contribution in [0.4, 0.5) is 5.82 Å². The van der Waals surface area contributed by atoms with Gasteiger partial charge in [-0.1, -0.05) is 12.1 Å². The number of carbonyl (C=O) groups excluding carboxylic acids is 1. The van der Waals surface area contributed by atoms with Gasteiger partial charge in [0.05, 0.1) is 7.11 Å². The van der Waals surface area contributed by atoms with E-state index in [4.69, 9.17) is 4.74 Å². The van der Waals surface area contributed by atoms with Gasteiger partial charge in [0.25, 0.3) is 5.91 Å². The largest absolute Gasteiger partial charge is 0.497 e. The molecule has 1 aromatic carbocycles. The molecule has 0 aliphatic heterocycles. The van der Waals surface area contributed by atoms with Crippen LogP contribution in [0.3, 0.4) is 0 Å². The summed E-state index contributed by atoms with van der Waals surface area (Å²) in [7, 11) is 5.64. The second-order valence-electron chi connectivity index (χ2n) is 5.88. The number of nitrogens with zero attached hydrogens (tertiary/aromatic N) is 3. The van der Waals surface area contributed by atoms with Crippen LogP contribution in [0.2, 0.25) is 0 Å². The summed E-state index contributed by atoms with van der Waals surface area (Å²) in [5, 5.41) is 6.06. The molecule has 0 radical (unpaired) electrons. The van der Waals surface area contributed by atoms with Crippen molar-refractivity contribution in [1.29, 1.82) is 0 Å². The zero-order valence-electron chi connectivity index (χ0n) is 15.0. The number of ether oxygens (including phenoxy) is 1. The van der Waals surface area contributed by atoms with E-state index in [1.54, 1.807) is 13.2 Å². The Morgan fingerprint density at radius 1 is 1.20 bits per heavy atom. The van der Waals surface area contributed by atoms with Gasteiger partial charge in [-0.3, -0.25) is 4.79 Å². The lowest BCUT2D eigenvalue weighted by molar-refractivity contribution is 0.0949. The van der Waals surface area contributed by atoms with E-state index in [1.807, 2.05) is 38.4 Å². The van der Waals surface area contributed by atoms with E-state index in [0.29, 0.717) is 18.1 Å². The van der Waals surface area contributed by atoms with Crippen molar-refractivity contribution in [3.8, 4) is 5.75 Å². The van der Waals surface area contributed by atoms with E-state index in [9.17, 15) is 4.79 Å². The highest BCUT2D eigenvalue weighted by Crippen LogP contribution is 2.12. The van der Waals surface area contributed by atoms with Gasteiger partial charge < -0.3 is 20.3 Å². The van der Waals surface area contributed by atoms with Crippen LogP contribution in [-0.4, -0.2) is 61.6 Å². The van der Waals surface area contributed by atoms with Crippen LogP contribution in [0.1, 0.15) is 16.1 Å². The standard InChI is InChI=1S/C18H25N5O2/c1-23(2)10-9-19-17-12-16(21-13-22-17)18(24)20-8-7-14-5-4-6-15(11-14)25-3/h4-6,11-13H,7-10H2,1-3H3,(H,20,24)(H,19,21,22). The third-order valence-corrected chi connectivity index (χ3v) is 3.60. The molecule has 1 heterocycles. The van der Waals surface area contributed by atoms with Gasteiger partial charge in [0.2, 0.25) is 0 Å². The van der Waals surface area contributed by atoms with Crippen LogP contribution in [0.5, 0.6) is 5.75 Å². The third kappa shape index (κ3) is 6.39. The molecule has 0 aliphatic carbocycles. The van der Waals surface area contributed by atoms with Gasteiger partial charge in [-0.15, -0.1) is 0 Å². The molecule has 134 valence electrons. The number of methoxy groups -OCH3 is 1. The highest BCUT2D eigenvalue weighted by molar-refractivity contribution is 5.92. The zero-order chi connectivity index (χ0) is 18.1. The zero-order valence-corrected chi connectivity index (χ0v) is 15.0. The Balaban J connectivity index is 1.83. The van der Waals surface area contributed by atoms with Crippen LogP contribution < -0.4 is 15.4 Å². The summed E-state index contributed by atoms with van der Waals surface area (Å²) in [4.78, 5) is 22.5. The molecular formula is C18H25N5O2. The minimum atomic E-state index is -0.207. The Hall–Kier alpha value is -2.67. The van der Waals surface area contributed by atoms with Crippen LogP contribution in [0.15, 0.2) is 36.7 Å². The quantitative estimate of drug-likeness (QED) is 0.717. The normalized spacial score (nSPS) is 10.6. The molecular weight excluding hydrogens is 318 g/mol. The van der Waals surface area contributed by atoms with Gasteiger partial charge in [-0.2, -0.15) is 0 Å². The lowest BCUT2D eigenvalue weighted by atomic mass is 10.1. The number of aromatic nitrogens is 2. The summed E-state index contributed by atoms with van der Waals surface area (Å²) in [6.45, 7) is 2.16. The first-order chi connectivity index (χ1) is 12.1. The van der Waals surface area contributed by atoms with Crippen molar-refractivity contribution in [1.82, 2.24) is 20.2 Å². The van der Waals surface area contributed by atoms with Crippen molar-refractivity contribution in [2.75, 3.05) is 46.2 Å². The molecule has 25 heavy (non-hydrogen) atoms. The summed E-state index contributed by atoms with van der Waals surface area (Å²) >= 11 is 0. The van der Waals surface area contributed by atoms with Gasteiger partial charge in [-0.05, 0) is 38.2 Å². The molecule has 7 heteroatoms. The first kappa shape index (κ1) is 18.7. The maximum Gasteiger partial charge on any atom is 0.270 e. The highest BCUT2D eigenvalue weighted by Gasteiger charge is 2.08. The van der Waals surface area contributed by atoms with Crippen LogP contribution in [-0.2, 0) is 6.42 Å². The van der Waals surface area contributed by atoms with Crippen molar-refractivity contribution in [3.05, 3.63) is 47.9 Å². The minimum absolute atomic E-state index is 0.207. The first-order valence-corrected chi connectivity index (χ1v) is 8.20. The summed E-state index contributed by atoms with van der Waals surface area (Å²) in [6.07, 6.45) is 2.12. The number of benzene rings is 1. The van der Waals surface area contributed by atoms with E-state index in [-0.39, 0.29) is 5.91 Å². The van der Waals surface area contributed by atoms with Gasteiger partial charge in [0, 0.05) is 25.7 Å². The van der Waals surface area contributed by atoms with Crippen molar-refractivity contribution < 1.29 is 9.53 Å². The molecule has 2 rings (SSSR count). The molecule has 0 spiro atoms. The van der Waals surface area contributed by atoms with Gasteiger partial charge >= 0.3 is 0 Å². The predicted molar refractivity (Wildman–Crippen MR) is 98.1 cm³/mol. The molecule has 1 amide bonds. The van der Waals surface area contributed by atoms with Gasteiger partial charge in [0.1, 0.15) is 23.6 Å². The van der Waals surface area contributed by atoms with Crippen LogP contribution in [0, 0.1) is 0 Å². The topological polar surface area (TPSA) is 79.4 Å². The third-order valence-electron chi connectivity index (χ3n) is 3.60. The molecule has 0 aliphatic rings. The number of hydrogen-bond donors (Lipinski definition) is 2. The summed E-state index contributed by atoms with van der Waals surface area (Å²) in [6, 6.07) is 9.46. The molecule has 0 saturated carbocycles. The Morgan fingerprint density at radius 2 is 2.04 bits per heavy atom. The maximum absolute atomic E-state index is 12.2. The lowest BCUT2D eigenvalue weighted by Gasteiger charge is -2.11. The Labute approximate surface area is 148 Å². The number of carbonyl (C=O) groups is 1. The molecule has 2 N–H and O–H groups in total. The smallest absolute Gasteiger partial charge is 0.270 e. The number of amides is 1. The van der Waals surface area contributed by atoms with Crippen LogP contribution >= 0.6 is 0 Å². The predicted octanol–water partition coefficient (Wildman–Crippen LogP) is 1.43. The van der Waals surface area contributed by atoms with E-state index in [1.165, 1.54) is 6.33 Å². The first-order valence-electron chi connectivity index (χ1n) is 8.20. The molecule has 7 nitrogen and oxygen atoms in total. The van der Waals surface area contributed by atoms with Gasteiger partial charge in [0.15, 0.2) is 0 Å². The average molecular weight is 343 g/mol. The highest BCUT2D eigenvalue weighted by atomic mass is 16.5. The molecule has 2 aromatic rings. The Morgan fingerprint density at radius 3 is 2.80 bits per heavy atom. The molecule has 0 unspecified atom stereocenters. The SMILES string of the molecule is COc1cccc(CCNC(=O)c2cc(NCCN(C)C)ncn2)c1. The lowest BCUT2D eigenvalue weighted by Crippen LogP contribution is -2.27. The molecule has 0 saturated heterocycles. The van der Waals surface area contributed by atoms with Gasteiger partial charge in [-0.25, -0.2) is 9.97 Å². The van der Waals surface area contributed by atoms with Crippen LogP contribution in [0.25, 0.3) is 0 Å². The fraction of sp³-hybridized carbons (Fsp3) is 0.389. The number of rotatable bonds is 9. The fourth-order valence-corrected chi connectivity index (χ4v) is 2.22. The minimum Gasteiger partial charge on any atom is -0.497 e. The summed E-state index contributed by atoms with van der Waals surface area (Å²) in [5.74, 6) is 1.25. The number of likely N-dealkylation sites (N-methyl/N-ethyl adjacent to an activating group) is 1. The summed E-state index contributed by atoms with van der Waals surface area (Å²) < 4.78 is 5.20. The maximum atomic E-state index is 12.2. The van der Waals surface area contributed by atoms with Crippen molar-refractivity contribution in [3.63, 3.8) is 0 Å². The molecule has 0 atom stereocenters. The second-order valence-corrected chi connectivity index (χ2v) is 5.88. The van der Waals surface area contributed by atoms with Crippen molar-refractivity contribution >= 4 is 11.7 Å². The number of hydrogen-bond acceptors (Lipinski definition) is 6. The molecule has 0 bridgehead atoms. The summed E-state index contributed by atoms with van der Waals surface area (Å²) in [5.41, 5.74) is 1.46. The molecule has 1 aromatic heterocycles.